The molecule has 2 aliphatic rings. The van der Waals surface area contributed by atoms with Crippen molar-refractivity contribution in [1.29, 1.82) is 0 Å². The molecule has 3 nitrogen and oxygen atoms in total. The number of aromatic hydroxyl groups is 1. The minimum atomic E-state index is 0.314. The zero-order valence-electron chi connectivity index (χ0n) is 14.0. The molecule has 0 radical (unpaired) electrons. The normalized spacial score (nSPS) is 19.7. The number of aryl methyl sites for hydroxylation is 2. The Balaban J connectivity index is 1.78. The Hall–Kier alpha value is -2.00. The predicted octanol–water partition coefficient (Wildman–Crippen LogP) is 3.67. The SMILES string of the molecule is COc1ccc2c(c1O)CN1CCc3cc(C)c(C)cc3C1C2. The third-order valence-corrected chi connectivity index (χ3v) is 5.56. The van der Waals surface area contributed by atoms with Crippen molar-refractivity contribution in [2.45, 2.75) is 39.3 Å². The van der Waals surface area contributed by atoms with Crippen molar-refractivity contribution in [3.05, 3.63) is 57.6 Å². The van der Waals surface area contributed by atoms with Gasteiger partial charge in [-0.25, -0.2) is 0 Å². The van der Waals surface area contributed by atoms with Gasteiger partial charge in [0.2, 0.25) is 0 Å². The Kier molecular flexibility index (Phi) is 3.34. The Morgan fingerprint density at radius 3 is 2.70 bits per heavy atom. The van der Waals surface area contributed by atoms with Crippen molar-refractivity contribution in [2.75, 3.05) is 13.7 Å². The lowest BCUT2D eigenvalue weighted by atomic mass is 9.82. The van der Waals surface area contributed by atoms with E-state index in [4.69, 9.17) is 4.74 Å². The third-order valence-electron chi connectivity index (χ3n) is 5.56. The second-order valence-corrected chi connectivity index (χ2v) is 6.83. The van der Waals surface area contributed by atoms with E-state index in [9.17, 15) is 5.11 Å². The molecule has 0 amide bonds. The molecule has 23 heavy (non-hydrogen) atoms. The maximum absolute atomic E-state index is 10.4. The molecule has 2 aromatic carbocycles. The Labute approximate surface area is 137 Å². The van der Waals surface area contributed by atoms with Crippen LogP contribution in [0, 0.1) is 13.8 Å². The second kappa shape index (κ2) is 5.27. The highest BCUT2D eigenvalue weighted by Crippen LogP contribution is 2.43. The largest absolute Gasteiger partial charge is 0.504 e. The summed E-state index contributed by atoms with van der Waals surface area (Å²) in [5, 5.41) is 10.4. The molecule has 120 valence electrons. The maximum Gasteiger partial charge on any atom is 0.162 e. The van der Waals surface area contributed by atoms with Crippen molar-refractivity contribution in [3.63, 3.8) is 0 Å². The van der Waals surface area contributed by atoms with Gasteiger partial charge in [0.05, 0.1) is 7.11 Å². The maximum atomic E-state index is 10.4. The lowest BCUT2D eigenvalue weighted by Gasteiger charge is -2.42. The van der Waals surface area contributed by atoms with Crippen LogP contribution < -0.4 is 4.74 Å². The number of phenols is 1. The van der Waals surface area contributed by atoms with Gasteiger partial charge in [0.1, 0.15) is 0 Å². The summed E-state index contributed by atoms with van der Waals surface area (Å²) in [5.74, 6) is 0.889. The first kappa shape index (κ1) is 14.6. The second-order valence-electron chi connectivity index (χ2n) is 6.83. The molecule has 3 heteroatoms. The van der Waals surface area contributed by atoms with Crippen LogP contribution in [0.5, 0.6) is 11.5 Å². The van der Waals surface area contributed by atoms with Crippen LogP contribution in [0.2, 0.25) is 0 Å². The number of ether oxygens (including phenoxy) is 1. The lowest BCUT2D eigenvalue weighted by Crippen LogP contribution is -2.39. The molecular weight excluding hydrogens is 286 g/mol. The number of benzene rings is 2. The van der Waals surface area contributed by atoms with Crippen molar-refractivity contribution >= 4 is 0 Å². The summed E-state index contributed by atoms with van der Waals surface area (Å²) in [4.78, 5) is 2.50. The average molecular weight is 309 g/mol. The van der Waals surface area contributed by atoms with Gasteiger partial charge in [0, 0.05) is 24.7 Å². The molecule has 0 bridgehead atoms. The first-order valence-electron chi connectivity index (χ1n) is 8.30. The Morgan fingerprint density at radius 1 is 1.13 bits per heavy atom. The van der Waals surface area contributed by atoms with Gasteiger partial charge in [-0.2, -0.15) is 0 Å². The Morgan fingerprint density at radius 2 is 1.91 bits per heavy atom. The van der Waals surface area contributed by atoms with Crippen LogP contribution in [-0.2, 0) is 19.4 Å². The van der Waals surface area contributed by atoms with E-state index < -0.39 is 0 Å². The summed E-state index contributed by atoms with van der Waals surface area (Å²) >= 11 is 0. The van der Waals surface area contributed by atoms with Gasteiger partial charge in [-0.15, -0.1) is 0 Å². The fraction of sp³-hybridized carbons (Fsp3) is 0.400. The zero-order valence-corrected chi connectivity index (χ0v) is 14.0. The third kappa shape index (κ3) is 2.22. The monoisotopic (exact) mass is 309 g/mol. The number of fused-ring (bicyclic) bond motifs is 4. The van der Waals surface area contributed by atoms with Gasteiger partial charge in [0.15, 0.2) is 11.5 Å². The van der Waals surface area contributed by atoms with E-state index in [1.54, 1.807) is 7.11 Å². The first-order chi connectivity index (χ1) is 11.1. The molecule has 0 aromatic heterocycles. The summed E-state index contributed by atoms with van der Waals surface area (Å²) in [7, 11) is 1.61. The number of hydrogen-bond donors (Lipinski definition) is 1. The number of phenolic OH excluding ortho intramolecular Hbond substituents is 1. The summed E-state index contributed by atoms with van der Waals surface area (Å²) in [6.45, 7) is 6.25. The Bertz CT molecular complexity index is 782. The van der Waals surface area contributed by atoms with Crippen molar-refractivity contribution in [2.24, 2.45) is 0 Å². The van der Waals surface area contributed by atoms with Gasteiger partial charge >= 0.3 is 0 Å². The number of rotatable bonds is 1. The van der Waals surface area contributed by atoms with Crippen molar-refractivity contribution < 1.29 is 9.84 Å². The van der Waals surface area contributed by atoms with Crippen LogP contribution in [0.25, 0.3) is 0 Å². The topological polar surface area (TPSA) is 32.7 Å². The summed E-state index contributed by atoms with van der Waals surface area (Å²) in [5.41, 5.74) is 8.00. The highest BCUT2D eigenvalue weighted by atomic mass is 16.5. The molecule has 0 aliphatic carbocycles. The molecule has 2 aliphatic heterocycles. The highest BCUT2D eigenvalue weighted by molar-refractivity contribution is 5.52. The van der Waals surface area contributed by atoms with Crippen LogP contribution in [0.15, 0.2) is 24.3 Å². The summed E-state index contributed by atoms with van der Waals surface area (Å²) < 4.78 is 5.26. The minimum absolute atomic E-state index is 0.314. The predicted molar refractivity (Wildman–Crippen MR) is 91.1 cm³/mol. The molecule has 1 N–H and O–H groups in total. The van der Waals surface area contributed by atoms with Crippen molar-refractivity contribution in [1.82, 2.24) is 4.90 Å². The first-order valence-corrected chi connectivity index (χ1v) is 8.30. The van der Waals surface area contributed by atoms with Gasteiger partial charge in [-0.05, 0) is 60.6 Å². The summed E-state index contributed by atoms with van der Waals surface area (Å²) in [6, 6.07) is 9.16. The van der Waals surface area contributed by atoms with E-state index in [0.717, 1.165) is 31.5 Å². The van der Waals surface area contributed by atoms with E-state index in [1.807, 2.05) is 6.07 Å². The molecular formula is C20H23NO2. The van der Waals surface area contributed by atoms with E-state index in [1.165, 1.54) is 27.8 Å². The fourth-order valence-corrected chi connectivity index (χ4v) is 4.07. The molecule has 1 atom stereocenters. The molecule has 0 spiro atoms. The number of methoxy groups -OCH3 is 1. The van der Waals surface area contributed by atoms with Crippen LogP contribution >= 0.6 is 0 Å². The van der Waals surface area contributed by atoms with E-state index in [0.29, 0.717) is 17.5 Å². The van der Waals surface area contributed by atoms with Crippen LogP contribution in [0.3, 0.4) is 0 Å². The average Bonchev–Trinajstić information content (AvgIpc) is 2.55. The van der Waals surface area contributed by atoms with E-state index >= 15 is 0 Å². The molecule has 4 rings (SSSR count). The fourth-order valence-electron chi connectivity index (χ4n) is 4.07. The molecule has 0 saturated heterocycles. The number of nitrogens with zero attached hydrogens (tertiary/aromatic N) is 1. The van der Waals surface area contributed by atoms with Crippen LogP contribution in [0.4, 0.5) is 0 Å². The van der Waals surface area contributed by atoms with Crippen LogP contribution in [0.1, 0.15) is 39.4 Å². The van der Waals surface area contributed by atoms with Crippen LogP contribution in [-0.4, -0.2) is 23.7 Å². The smallest absolute Gasteiger partial charge is 0.162 e. The zero-order chi connectivity index (χ0) is 16.1. The van der Waals surface area contributed by atoms with Gasteiger partial charge in [-0.3, -0.25) is 4.90 Å². The van der Waals surface area contributed by atoms with Gasteiger partial charge < -0.3 is 9.84 Å². The van der Waals surface area contributed by atoms with Crippen molar-refractivity contribution in [3.8, 4) is 11.5 Å². The quantitative estimate of drug-likeness (QED) is 0.872. The number of hydrogen-bond acceptors (Lipinski definition) is 3. The minimum Gasteiger partial charge on any atom is -0.504 e. The highest BCUT2D eigenvalue weighted by Gasteiger charge is 2.33. The molecule has 1 unspecified atom stereocenters. The van der Waals surface area contributed by atoms with E-state index in [-0.39, 0.29) is 0 Å². The standard InChI is InChI=1S/C20H23NO2/c1-12-8-15-6-7-21-11-17-14(4-5-19(23-3)20(17)22)10-18(21)16(15)9-13(12)2/h4-5,8-9,18,22H,6-7,10-11H2,1-3H3. The molecule has 0 saturated carbocycles. The van der Waals surface area contributed by atoms with Gasteiger partial charge in [-0.1, -0.05) is 18.2 Å². The lowest BCUT2D eigenvalue weighted by molar-refractivity contribution is 0.158. The molecule has 2 heterocycles. The molecule has 2 aromatic rings. The summed E-state index contributed by atoms with van der Waals surface area (Å²) in [6.07, 6.45) is 2.05. The molecule has 0 fully saturated rings. The van der Waals surface area contributed by atoms with E-state index in [2.05, 4.69) is 36.9 Å². The van der Waals surface area contributed by atoms with Gasteiger partial charge in [0.25, 0.3) is 0 Å².